The lowest BCUT2D eigenvalue weighted by Crippen LogP contribution is -2.28. The molecule has 2 aromatic heterocycles. The summed E-state index contributed by atoms with van der Waals surface area (Å²) in [7, 11) is 1.62. The molecular weight excluding hydrogens is 266 g/mol. The van der Waals surface area contributed by atoms with Crippen LogP contribution in [-0.4, -0.2) is 29.5 Å². The van der Waals surface area contributed by atoms with Crippen LogP contribution in [0.4, 0.5) is 5.82 Å². The monoisotopic (exact) mass is 285 g/mol. The Labute approximate surface area is 124 Å². The van der Waals surface area contributed by atoms with Crippen molar-refractivity contribution in [3.05, 3.63) is 48.4 Å². The van der Waals surface area contributed by atoms with Crippen molar-refractivity contribution in [2.24, 2.45) is 5.73 Å². The first-order valence-electron chi connectivity index (χ1n) is 6.66. The van der Waals surface area contributed by atoms with Crippen molar-refractivity contribution in [2.75, 3.05) is 18.6 Å². The van der Waals surface area contributed by atoms with E-state index < -0.39 is 0 Å². The summed E-state index contributed by atoms with van der Waals surface area (Å²) in [6.45, 7) is 1.23. The van der Waals surface area contributed by atoms with Crippen LogP contribution in [0.5, 0.6) is 5.75 Å². The van der Waals surface area contributed by atoms with Gasteiger partial charge in [0.15, 0.2) is 11.6 Å². The number of amidine groups is 1. The summed E-state index contributed by atoms with van der Waals surface area (Å²) < 4.78 is 5.37. The van der Waals surface area contributed by atoms with Crippen LogP contribution >= 0.6 is 0 Å². The third kappa shape index (κ3) is 4.17. The summed E-state index contributed by atoms with van der Waals surface area (Å²) in [5.41, 5.74) is 6.54. The maximum atomic E-state index is 7.42. The summed E-state index contributed by atoms with van der Waals surface area (Å²) in [6.07, 6.45) is 5.75. The number of ether oxygens (including phenoxy) is 1. The van der Waals surface area contributed by atoms with E-state index >= 15 is 0 Å². The highest BCUT2D eigenvalue weighted by Gasteiger charge is 2.14. The summed E-state index contributed by atoms with van der Waals surface area (Å²) in [5.74, 6) is 1.59. The summed E-state index contributed by atoms with van der Waals surface area (Å²) in [4.78, 5) is 10.6. The maximum Gasteiger partial charge on any atom is 0.171 e. The van der Waals surface area contributed by atoms with Gasteiger partial charge in [-0.1, -0.05) is 6.07 Å². The van der Waals surface area contributed by atoms with E-state index in [0.29, 0.717) is 25.3 Å². The average Bonchev–Trinajstić information content (AvgIpc) is 2.52. The number of aromatic nitrogens is 2. The van der Waals surface area contributed by atoms with Gasteiger partial charge in [0.1, 0.15) is 0 Å². The van der Waals surface area contributed by atoms with E-state index in [1.165, 1.54) is 0 Å². The molecule has 0 unspecified atom stereocenters. The fourth-order valence-corrected chi connectivity index (χ4v) is 2.01. The van der Waals surface area contributed by atoms with Gasteiger partial charge in [0.2, 0.25) is 0 Å². The molecule has 2 rings (SSSR count). The van der Waals surface area contributed by atoms with Gasteiger partial charge < -0.3 is 15.4 Å². The highest BCUT2D eigenvalue weighted by Crippen LogP contribution is 2.26. The summed E-state index contributed by atoms with van der Waals surface area (Å²) in [6, 6.07) is 7.60. The second-order valence-corrected chi connectivity index (χ2v) is 4.59. The van der Waals surface area contributed by atoms with Crippen LogP contribution in [0, 0.1) is 5.41 Å². The molecule has 6 heteroatoms. The minimum Gasteiger partial charge on any atom is -0.493 e. The number of rotatable bonds is 7. The summed E-state index contributed by atoms with van der Waals surface area (Å²) >= 11 is 0. The van der Waals surface area contributed by atoms with Crippen molar-refractivity contribution in [2.45, 2.75) is 13.0 Å². The molecule has 0 aliphatic carbocycles. The van der Waals surface area contributed by atoms with Crippen molar-refractivity contribution in [3.8, 4) is 5.75 Å². The van der Waals surface area contributed by atoms with E-state index in [4.69, 9.17) is 15.9 Å². The maximum absolute atomic E-state index is 7.42. The Bertz CT molecular complexity index is 588. The van der Waals surface area contributed by atoms with E-state index in [1.807, 2.05) is 35.4 Å². The molecule has 110 valence electrons. The first-order valence-corrected chi connectivity index (χ1v) is 6.66. The van der Waals surface area contributed by atoms with Gasteiger partial charge in [-0.25, -0.2) is 4.98 Å². The van der Waals surface area contributed by atoms with E-state index in [9.17, 15) is 0 Å². The molecule has 0 saturated heterocycles. The van der Waals surface area contributed by atoms with Gasteiger partial charge in [-0.15, -0.1) is 0 Å². The molecule has 0 spiro atoms. The zero-order valence-corrected chi connectivity index (χ0v) is 12.0. The van der Waals surface area contributed by atoms with E-state index in [0.717, 1.165) is 11.4 Å². The normalized spacial score (nSPS) is 10.1. The fourth-order valence-electron chi connectivity index (χ4n) is 2.01. The molecule has 0 aromatic carbocycles. The third-order valence-corrected chi connectivity index (χ3v) is 3.02. The molecule has 0 aliphatic heterocycles. The Balaban J connectivity index is 2.24. The van der Waals surface area contributed by atoms with Gasteiger partial charge in [-0.3, -0.25) is 10.4 Å². The quantitative estimate of drug-likeness (QED) is 0.598. The minimum atomic E-state index is 0.154. The lowest BCUT2D eigenvalue weighted by atomic mass is 10.2. The Morgan fingerprint density at radius 1 is 1.33 bits per heavy atom. The molecule has 0 saturated carbocycles. The minimum absolute atomic E-state index is 0.154. The largest absolute Gasteiger partial charge is 0.493 e. The van der Waals surface area contributed by atoms with Crippen LogP contribution in [0.15, 0.2) is 42.9 Å². The number of hydrogen-bond acceptors (Lipinski definition) is 5. The molecule has 0 amide bonds. The number of pyridine rings is 2. The molecule has 6 nitrogen and oxygen atoms in total. The van der Waals surface area contributed by atoms with Gasteiger partial charge in [0.05, 0.1) is 12.9 Å². The van der Waals surface area contributed by atoms with Gasteiger partial charge in [0, 0.05) is 38.1 Å². The number of nitrogens with two attached hydrogens (primary N) is 1. The van der Waals surface area contributed by atoms with Crippen molar-refractivity contribution >= 4 is 11.7 Å². The standard InChI is InChI=1S/C15H19N5O/c1-21-13-5-3-8-19-15(13)20(9-6-14(16)17)11-12-4-2-7-18-10-12/h2-5,7-8,10H,6,9,11H2,1H3,(H3,16,17). The Kier molecular flexibility index (Phi) is 5.09. The SMILES string of the molecule is COc1cccnc1N(CCC(=N)N)Cc1cccnc1. The Hall–Kier alpha value is -2.63. The van der Waals surface area contributed by atoms with Crippen LogP contribution in [0.2, 0.25) is 0 Å². The topological polar surface area (TPSA) is 88.1 Å². The average molecular weight is 285 g/mol. The van der Waals surface area contributed by atoms with Gasteiger partial charge in [-0.05, 0) is 23.8 Å². The molecule has 21 heavy (non-hydrogen) atoms. The van der Waals surface area contributed by atoms with Crippen LogP contribution in [0.3, 0.4) is 0 Å². The van der Waals surface area contributed by atoms with E-state index in [2.05, 4.69) is 9.97 Å². The smallest absolute Gasteiger partial charge is 0.171 e. The van der Waals surface area contributed by atoms with Crippen molar-refractivity contribution in [1.29, 1.82) is 5.41 Å². The second-order valence-electron chi connectivity index (χ2n) is 4.59. The zero-order valence-electron chi connectivity index (χ0n) is 12.0. The second kappa shape index (κ2) is 7.23. The van der Waals surface area contributed by atoms with Crippen LogP contribution in [-0.2, 0) is 6.54 Å². The Morgan fingerprint density at radius 3 is 2.81 bits per heavy atom. The predicted molar refractivity (Wildman–Crippen MR) is 82.6 cm³/mol. The molecule has 0 bridgehead atoms. The summed E-state index contributed by atoms with van der Waals surface area (Å²) in [5, 5.41) is 7.42. The van der Waals surface area contributed by atoms with E-state index in [-0.39, 0.29) is 5.84 Å². The third-order valence-electron chi connectivity index (χ3n) is 3.02. The van der Waals surface area contributed by atoms with Gasteiger partial charge >= 0.3 is 0 Å². The number of hydrogen-bond donors (Lipinski definition) is 2. The van der Waals surface area contributed by atoms with E-state index in [1.54, 1.807) is 19.5 Å². The molecule has 2 aromatic rings. The van der Waals surface area contributed by atoms with Crippen molar-refractivity contribution < 1.29 is 4.74 Å². The molecule has 0 fully saturated rings. The molecular formula is C15H19N5O. The zero-order chi connectivity index (χ0) is 15.1. The number of methoxy groups -OCH3 is 1. The molecule has 3 N–H and O–H groups in total. The lowest BCUT2D eigenvalue weighted by molar-refractivity contribution is 0.412. The van der Waals surface area contributed by atoms with Crippen LogP contribution in [0.25, 0.3) is 0 Å². The first kappa shape index (κ1) is 14.8. The highest BCUT2D eigenvalue weighted by molar-refractivity contribution is 5.77. The van der Waals surface area contributed by atoms with Crippen LogP contribution < -0.4 is 15.4 Å². The molecule has 0 radical (unpaired) electrons. The van der Waals surface area contributed by atoms with Gasteiger partial charge in [-0.2, -0.15) is 0 Å². The lowest BCUT2D eigenvalue weighted by Gasteiger charge is -2.25. The highest BCUT2D eigenvalue weighted by atomic mass is 16.5. The Morgan fingerprint density at radius 2 is 2.14 bits per heavy atom. The van der Waals surface area contributed by atoms with Crippen LogP contribution in [0.1, 0.15) is 12.0 Å². The van der Waals surface area contributed by atoms with Crippen molar-refractivity contribution in [1.82, 2.24) is 9.97 Å². The molecule has 0 aliphatic rings. The predicted octanol–water partition coefficient (Wildman–Crippen LogP) is 1.82. The first-order chi connectivity index (χ1) is 10.2. The number of anilines is 1. The molecule has 0 atom stereocenters. The van der Waals surface area contributed by atoms with Crippen molar-refractivity contribution in [3.63, 3.8) is 0 Å². The number of nitrogens with one attached hydrogen (secondary N) is 1. The van der Waals surface area contributed by atoms with Gasteiger partial charge in [0.25, 0.3) is 0 Å². The fraction of sp³-hybridized carbons (Fsp3) is 0.267. The number of nitrogens with zero attached hydrogens (tertiary/aromatic N) is 3. The molecule has 2 heterocycles.